The van der Waals surface area contributed by atoms with Gasteiger partial charge in [-0.05, 0) is 18.2 Å². The summed E-state index contributed by atoms with van der Waals surface area (Å²) >= 11 is 1.67. The molecule has 0 N–H and O–H groups in total. The molecule has 1 aliphatic heterocycles. The Balaban J connectivity index is 2.19. The zero-order valence-electron chi connectivity index (χ0n) is 7.92. The maximum atomic E-state index is 4.42. The third-order valence-corrected chi connectivity index (χ3v) is 3.32. The van der Waals surface area contributed by atoms with Crippen molar-refractivity contribution in [1.82, 2.24) is 4.98 Å². The molecule has 0 fully saturated rings. The minimum Gasteiger partial charge on any atom is -0.253 e. The quantitative estimate of drug-likeness (QED) is 0.571. The van der Waals surface area contributed by atoms with E-state index in [1.165, 1.54) is 4.90 Å². The number of hydrogen-bond donors (Lipinski definition) is 0. The van der Waals surface area contributed by atoms with Gasteiger partial charge in [0, 0.05) is 22.9 Å². The van der Waals surface area contributed by atoms with Crippen LogP contribution in [0.25, 0.3) is 0 Å². The monoisotopic (exact) mass is 212 g/mol. The molecule has 0 saturated heterocycles. The molecule has 0 bridgehead atoms. The SMILES string of the molecule is C1=Nc2cccnc2Sc2ccccc21. The largest absolute Gasteiger partial charge is 0.253 e. The smallest absolute Gasteiger partial charge is 0.126 e. The molecule has 72 valence electrons. The van der Waals surface area contributed by atoms with E-state index in [0.29, 0.717) is 0 Å². The first-order chi connectivity index (χ1) is 7.43. The fraction of sp³-hybridized carbons (Fsp3) is 0. The number of aromatic nitrogens is 1. The van der Waals surface area contributed by atoms with Crippen molar-refractivity contribution >= 4 is 23.7 Å². The van der Waals surface area contributed by atoms with Gasteiger partial charge in [0.2, 0.25) is 0 Å². The molecule has 0 spiro atoms. The van der Waals surface area contributed by atoms with Crippen molar-refractivity contribution in [2.24, 2.45) is 4.99 Å². The van der Waals surface area contributed by atoms with Gasteiger partial charge in [0.1, 0.15) is 5.03 Å². The van der Waals surface area contributed by atoms with Crippen LogP contribution in [0, 0.1) is 0 Å². The fourth-order valence-electron chi connectivity index (χ4n) is 1.48. The normalized spacial score (nSPS) is 12.8. The summed E-state index contributed by atoms with van der Waals surface area (Å²) in [5, 5.41) is 0.971. The lowest BCUT2D eigenvalue weighted by Crippen LogP contribution is -1.82. The highest BCUT2D eigenvalue weighted by molar-refractivity contribution is 7.99. The number of fused-ring (bicyclic) bond motifs is 2. The van der Waals surface area contributed by atoms with E-state index in [0.717, 1.165) is 16.3 Å². The summed E-state index contributed by atoms with van der Waals surface area (Å²) < 4.78 is 0. The molecule has 0 saturated carbocycles. The second kappa shape index (κ2) is 3.51. The number of benzene rings is 1. The Labute approximate surface area is 92.1 Å². The fourth-order valence-corrected chi connectivity index (χ4v) is 2.41. The molecular formula is C12H8N2S. The van der Waals surface area contributed by atoms with Crippen molar-refractivity contribution in [3.63, 3.8) is 0 Å². The second-order valence-corrected chi connectivity index (χ2v) is 4.26. The predicted molar refractivity (Wildman–Crippen MR) is 62.1 cm³/mol. The second-order valence-electron chi connectivity index (χ2n) is 3.23. The van der Waals surface area contributed by atoms with Gasteiger partial charge in [-0.15, -0.1) is 0 Å². The zero-order chi connectivity index (χ0) is 10.1. The van der Waals surface area contributed by atoms with Crippen molar-refractivity contribution in [2.75, 3.05) is 0 Å². The number of rotatable bonds is 0. The summed E-state index contributed by atoms with van der Waals surface area (Å²) in [5.41, 5.74) is 2.10. The molecule has 15 heavy (non-hydrogen) atoms. The molecule has 2 heterocycles. The van der Waals surface area contributed by atoms with Gasteiger partial charge < -0.3 is 0 Å². The van der Waals surface area contributed by atoms with Crippen LogP contribution in [0.2, 0.25) is 0 Å². The van der Waals surface area contributed by atoms with Crippen molar-refractivity contribution in [1.29, 1.82) is 0 Å². The lowest BCUT2D eigenvalue weighted by atomic mass is 10.2. The molecule has 1 aromatic carbocycles. The van der Waals surface area contributed by atoms with E-state index in [1.807, 2.05) is 30.5 Å². The molecule has 0 unspecified atom stereocenters. The number of pyridine rings is 1. The van der Waals surface area contributed by atoms with E-state index >= 15 is 0 Å². The Kier molecular flexibility index (Phi) is 2.03. The van der Waals surface area contributed by atoms with Crippen LogP contribution >= 0.6 is 11.8 Å². The van der Waals surface area contributed by atoms with Crippen LogP contribution in [-0.2, 0) is 0 Å². The minimum absolute atomic E-state index is 0.943. The van der Waals surface area contributed by atoms with Crippen molar-refractivity contribution in [3.05, 3.63) is 48.2 Å². The Hall–Kier alpha value is -1.61. The topological polar surface area (TPSA) is 25.2 Å². The molecule has 1 aliphatic rings. The summed E-state index contributed by atoms with van der Waals surface area (Å²) in [7, 11) is 0. The van der Waals surface area contributed by atoms with Crippen LogP contribution in [0.1, 0.15) is 5.56 Å². The van der Waals surface area contributed by atoms with Gasteiger partial charge in [0.25, 0.3) is 0 Å². The zero-order valence-corrected chi connectivity index (χ0v) is 8.74. The molecule has 2 aromatic rings. The lowest BCUT2D eigenvalue weighted by Gasteiger charge is -2.01. The Morgan fingerprint density at radius 2 is 1.93 bits per heavy atom. The van der Waals surface area contributed by atoms with Gasteiger partial charge in [-0.3, -0.25) is 4.99 Å². The van der Waals surface area contributed by atoms with Crippen molar-refractivity contribution in [3.8, 4) is 0 Å². The molecule has 3 rings (SSSR count). The van der Waals surface area contributed by atoms with E-state index in [9.17, 15) is 0 Å². The average molecular weight is 212 g/mol. The maximum Gasteiger partial charge on any atom is 0.126 e. The molecule has 0 aliphatic carbocycles. The van der Waals surface area contributed by atoms with Crippen LogP contribution in [0.5, 0.6) is 0 Å². The number of nitrogens with zero attached hydrogens (tertiary/aromatic N) is 2. The Morgan fingerprint density at radius 3 is 2.93 bits per heavy atom. The molecule has 1 aromatic heterocycles. The summed E-state index contributed by atoms with van der Waals surface area (Å²) in [6, 6.07) is 12.1. The van der Waals surface area contributed by atoms with Crippen molar-refractivity contribution in [2.45, 2.75) is 9.92 Å². The van der Waals surface area contributed by atoms with Crippen LogP contribution < -0.4 is 0 Å². The summed E-state index contributed by atoms with van der Waals surface area (Å²) in [6.45, 7) is 0. The van der Waals surface area contributed by atoms with Crippen LogP contribution in [0.3, 0.4) is 0 Å². The van der Waals surface area contributed by atoms with E-state index in [-0.39, 0.29) is 0 Å². The van der Waals surface area contributed by atoms with Gasteiger partial charge in [0.05, 0.1) is 5.69 Å². The Morgan fingerprint density at radius 1 is 1.00 bits per heavy atom. The van der Waals surface area contributed by atoms with Crippen molar-refractivity contribution < 1.29 is 0 Å². The molecule has 0 amide bonds. The highest BCUT2D eigenvalue weighted by Crippen LogP contribution is 2.36. The summed E-state index contributed by atoms with van der Waals surface area (Å²) in [4.78, 5) is 9.95. The van der Waals surface area contributed by atoms with Gasteiger partial charge >= 0.3 is 0 Å². The summed E-state index contributed by atoms with van der Waals surface area (Å²) in [6.07, 6.45) is 3.70. The molecular weight excluding hydrogens is 204 g/mol. The van der Waals surface area contributed by atoms with E-state index in [2.05, 4.69) is 22.1 Å². The first-order valence-corrected chi connectivity index (χ1v) is 5.51. The highest BCUT2D eigenvalue weighted by Gasteiger charge is 2.10. The predicted octanol–water partition coefficient (Wildman–Crippen LogP) is 3.30. The first-order valence-electron chi connectivity index (χ1n) is 4.69. The highest BCUT2D eigenvalue weighted by atomic mass is 32.2. The van der Waals surface area contributed by atoms with Gasteiger partial charge in [-0.2, -0.15) is 0 Å². The van der Waals surface area contributed by atoms with Crippen LogP contribution in [-0.4, -0.2) is 11.2 Å². The molecule has 0 radical (unpaired) electrons. The maximum absolute atomic E-state index is 4.42. The standard InChI is InChI=1S/C12H8N2S/c1-2-6-11-9(4-1)8-14-10-5-3-7-13-12(10)15-11/h1-8H. The van der Waals surface area contributed by atoms with Crippen LogP contribution in [0.4, 0.5) is 5.69 Å². The average Bonchev–Trinajstić information content (AvgIpc) is 2.48. The van der Waals surface area contributed by atoms with E-state index < -0.39 is 0 Å². The molecule has 2 nitrogen and oxygen atoms in total. The minimum atomic E-state index is 0.943. The Bertz CT molecular complexity index is 487. The van der Waals surface area contributed by atoms with Gasteiger partial charge in [0.15, 0.2) is 0 Å². The number of aliphatic imine (C=N–C) groups is 1. The molecule has 0 atom stereocenters. The van der Waals surface area contributed by atoms with E-state index in [1.54, 1.807) is 18.0 Å². The third kappa shape index (κ3) is 1.55. The van der Waals surface area contributed by atoms with Gasteiger partial charge in [-0.1, -0.05) is 30.0 Å². The lowest BCUT2D eigenvalue weighted by molar-refractivity contribution is 1.13. The van der Waals surface area contributed by atoms with E-state index in [4.69, 9.17) is 0 Å². The summed E-state index contributed by atoms with van der Waals surface area (Å²) in [5.74, 6) is 0. The van der Waals surface area contributed by atoms with Gasteiger partial charge in [-0.25, -0.2) is 4.98 Å². The first kappa shape index (κ1) is 8.68. The number of hydrogen-bond acceptors (Lipinski definition) is 3. The molecule has 3 heteroatoms. The van der Waals surface area contributed by atoms with Crippen LogP contribution in [0.15, 0.2) is 57.5 Å². The third-order valence-electron chi connectivity index (χ3n) is 2.22.